The minimum atomic E-state index is -0.776. The lowest BCUT2D eigenvalue weighted by Crippen LogP contribution is -2.06. The molecule has 0 aliphatic heterocycles. The van der Waals surface area contributed by atoms with Crippen molar-refractivity contribution in [2.45, 2.75) is 52.6 Å². The van der Waals surface area contributed by atoms with Gasteiger partial charge in [-0.05, 0) is 61.9 Å². The minimum Gasteiger partial charge on any atom is -0.490 e. The number of carboxylic acid groups (broad SMARTS) is 1. The Bertz CT molecular complexity index is 1130. The van der Waals surface area contributed by atoms with E-state index in [1.807, 2.05) is 38.1 Å². The number of aliphatic carboxylic acids is 1. The Morgan fingerprint density at radius 3 is 2.53 bits per heavy atom. The van der Waals surface area contributed by atoms with Gasteiger partial charge in [0, 0.05) is 29.9 Å². The monoisotopic (exact) mass is 429 g/mol. The molecule has 0 atom stereocenters. The Balaban J connectivity index is 1.87. The molecule has 6 heteroatoms. The summed E-state index contributed by atoms with van der Waals surface area (Å²) in [4.78, 5) is 20.0. The van der Waals surface area contributed by atoms with Crippen molar-refractivity contribution >= 4 is 5.97 Å². The van der Waals surface area contributed by atoms with Crippen LogP contribution in [0, 0.1) is 11.3 Å². The van der Waals surface area contributed by atoms with Crippen LogP contribution < -0.4 is 4.74 Å². The second kappa shape index (κ2) is 10.5. The van der Waals surface area contributed by atoms with Crippen LogP contribution in [0.2, 0.25) is 0 Å². The third kappa shape index (κ3) is 5.50. The van der Waals surface area contributed by atoms with Gasteiger partial charge in [0.05, 0.1) is 11.7 Å². The van der Waals surface area contributed by atoms with Crippen LogP contribution in [-0.4, -0.2) is 27.1 Å². The third-order valence-electron chi connectivity index (χ3n) is 5.15. The summed E-state index contributed by atoms with van der Waals surface area (Å²) in [6.45, 7) is 5.93. The maximum atomic E-state index is 10.8. The van der Waals surface area contributed by atoms with Crippen LogP contribution in [0.4, 0.5) is 0 Å². The normalized spacial score (nSPS) is 10.7. The number of benzene rings is 2. The number of hydrogen-bond acceptors (Lipinski definition) is 5. The van der Waals surface area contributed by atoms with Crippen LogP contribution in [0.25, 0.3) is 22.5 Å². The fourth-order valence-corrected chi connectivity index (χ4v) is 3.70. The summed E-state index contributed by atoms with van der Waals surface area (Å²) in [6.07, 6.45) is 5.79. The maximum absolute atomic E-state index is 10.8. The van der Waals surface area contributed by atoms with Gasteiger partial charge < -0.3 is 9.84 Å². The zero-order valence-corrected chi connectivity index (χ0v) is 18.6. The lowest BCUT2D eigenvalue weighted by Gasteiger charge is -2.13. The van der Waals surface area contributed by atoms with Crippen molar-refractivity contribution in [2.75, 3.05) is 0 Å². The summed E-state index contributed by atoms with van der Waals surface area (Å²) >= 11 is 0. The van der Waals surface area contributed by atoms with E-state index in [1.165, 1.54) is 0 Å². The van der Waals surface area contributed by atoms with Crippen LogP contribution in [0.3, 0.4) is 0 Å². The first kappa shape index (κ1) is 23.0. The molecule has 0 saturated carbocycles. The molecular formula is C26H27N3O3. The molecule has 0 aliphatic carbocycles. The number of ether oxygens (including phenoxy) is 1. The second-order valence-electron chi connectivity index (χ2n) is 7.83. The van der Waals surface area contributed by atoms with Crippen molar-refractivity contribution in [2.24, 2.45) is 0 Å². The summed E-state index contributed by atoms with van der Waals surface area (Å²) in [5, 5.41) is 18.4. The molecule has 6 nitrogen and oxygen atoms in total. The molecule has 0 unspecified atom stereocenters. The first-order chi connectivity index (χ1) is 15.4. The molecule has 0 radical (unpaired) electrons. The van der Waals surface area contributed by atoms with Crippen molar-refractivity contribution in [3.8, 4) is 34.3 Å². The Hall–Kier alpha value is -3.72. The van der Waals surface area contributed by atoms with Crippen LogP contribution in [0.1, 0.15) is 50.3 Å². The average molecular weight is 430 g/mol. The molecule has 0 amide bonds. The standard InChI is InChI=1S/C26H27N3O3/c1-4-22-18(8-6-10-25(30)31)7-5-9-23(22)26-28-15-21(16-29-26)19-11-12-24(32-17(2)3)20(13-19)14-27/h5,7,9,11-13,15-17H,4,6,8,10H2,1-3H3,(H,30,31). The Morgan fingerprint density at radius 2 is 1.91 bits per heavy atom. The largest absolute Gasteiger partial charge is 0.490 e. The molecule has 0 fully saturated rings. The molecule has 32 heavy (non-hydrogen) atoms. The fourth-order valence-electron chi connectivity index (χ4n) is 3.70. The molecule has 0 spiro atoms. The number of nitriles is 1. The molecule has 0 bridgehead atoms. The van der Waals surface area contributed by atoms with Gasteiger partial charge in [-0.1, -0.05) is 31.2 Å². The van der Waals surface area contributed by atoms with E-state index in [2.05, 4.69) is 23.0 Å². The van der Waals surface area contributed by atoms with E-state index in [1.54, 1.807) is 24.5 Å². The summed E-state index contributed by atoms with van der Waals surface area (Å²) in [7, 11) is 0. The van der Waals surface area contributed by atoms with E-state index in [9.17, 15) is 10.1 Å². The van der Waals surface area contributed by atoms with Crippen LogP contribution in [0.5, 0.6) is 5.75 Å². The van der Waals surface area contributed by atoms with E-state index in [0.717, 1.165) is 34.2 Å². The third-order valence-corrected chi connectivity index (χ3v) is 5.15. The highest BCUT2D eigenvalue weighted by Gasteiger charge is 2.13. The molecule has 0 saturated heterocycles. The molecule has 1 heterocycles. The molecule has 0 aliphatic rings. The lowest BCUT2D eigenvalue weighted by molar-refractivity contribution is -0.137. The molecular weight excluding hydrogens is 402 g/mol. The molecule has 1 N–H and O–H groups in total. The van der Waals surface area contributed by atoms with Crippen LogP contribution in [0.15, 0.2) is 48.8 Å². The summed E-state index contributed by atoms with van der Waals surface area (Å²) in [5.74, 6) is 0.420. The number of aryl methyl sites for hydroxylation is 1. The van der Waals surface area contributed by atoms with Crippen LogP contribution >= 0.6 is 0 Å². The van der Waals surface area contributed by atoms with Gasteiger partial charge in [-0.3, -0.25) is 4.79 Å². The highest BCUT2D eigenvalue weighted by atomic mass is 16.5. The van der Waals surface area contributed by atoms with Crippen molar-refractivity contribution in [3.05, 3.63) is 65.5 Å². The first-order valence-corrected chi connectivity index (χ1v) is 10.8. The van der Waals surface area contributed by atoms with Crippen molar-refractivity contribution in [1.82, 2.24) is 9.97 Å². The van der Waals surface area contributed by atoms with E-state index in [4.69, 9.17) is 9.84 Å². The summed E-state index contributed by atoms with van der Waals surface area (Å²) < 4.78 is 5.70. The van der Waals surface area contributed by atoms with Crippen LogP contribution in [-0.2, 0) is 17.6 Å². The van der Waals surface area contributed by atoms with Gasteiger partial charge in [-0.15, -0.1) is 0 Å². The van der Waals surface area contributed by atoms with E-state index < -0.39 is 5.97 Å². The second-order valence-corrected chi connectivity index (χ2v) is 7.83. The molecule has 3 aromatic rings. The van der Waals surface area contributed by atoms with Gasteiger partial charge >= 0.3 is 5.97 Å². The Labute approximate surface area is 188 Å². The lowest BCUT2D eigenvalue weighted by atomic mass is 9.94. The Morgan fingerprint density at radius 1 is 1.16 bits per heavy atom. The van der Waals surface area contributed by atoms with Gasteiger partial charge in [0.25, 0.3) is 0 Å². The summed E-state index contributed by atoms with van der Waals surface area (Å²) in [6, 6.07) is 13.7. The molecule has 164 valence electrons. The molecule has 1 aromatic heterocycles. The van der Waals surface area contributed by atoms with Crippen molar-refractivity contribution in [1.29, 1.82) is 5.26 Å². The zero-order valence-electron chi connectivity index (χ0n) is 18.6. The zero-order chi connectivity index (χ0) is 23.1. The Kier molecular flexibility index (Phi) is 7.56. The summed E-state index contributed by atoms with van der Waals surface area (Å²) in [5.41, 5.74) is 5.39. The number of carbonyl (C=O) groups is 1. The number of nitrogens with zero attached hydrogens (tertiary/aromatic N) is 3. The van der Waals surface area contributed by atoms with E-state index in [-0.39, 0.29) is 12.5 Å². The SMILES string of the molecule is CCc1c(CCCC(=O)O)cccc1-c1ncc(-c2ccc(OC(C)C)c(C#N)c2)cn1. The van der Waals surface area contributed by atoms with Gasteiger partial charge in [-0.2, -0.15) is 5.26 Å². The average Bonchev–Trinajstić information content (AvgIpc) is 2.78. The molecule has 2 aromatic carbocycles. The number of rotatable bonds is 9. The highest BCUT2D eigenvalue weighted by Crippen LogP contribution is 2.29. The van der Waals surface area contributed by atoms with Gasteiger partial charge in [-0.25, -0.2) is 9.97 Å². The topological polar surface area (TPSA) is 96.1 Å². The minimum absolute atomic E-state index is 0.0109. The quantitative estimate of drug-likeness (QED) is 0.487. The fraction of sp³-hybridized carbons (Fsp3) is 0.308. The predicted molar refractivity (Wildman–Crippen MR) is 123 cm³/mol. The highest BCUT2D eigenvalue weighted by molar-refractivity contribution is 5.69. The first-order valence-electron chi connectivity index (χ1n) is 10.8. The number of hydrogen-bond donors (Lipinski definition) is 1. The number of carboxylic acids is 1. The molecule has 3 rings (SSSR count). The van der Waals surface area contributed by atoms with Gasteiger partial charge in [0.15, 0.2) is 5.82 Å². The van der Waals surface area contributed by atoms with E-state index in [0.29, 0.717) is 30.0 Å². The van der Waals surface area contributed by atoms with Crippen molar-refractivity contribution < 1.29 is 14.6 Å². The van der Waals surface area contributed by atoms with E-state index >= 15 is 0 Å². The van der Waals surface area contributed by atoms with Gasteiger partial charge in [0.2, 0.25) is 0 Å². The van der Waals surface area contributed by atoms with Crippen molar-refractivity contribution in [3.63, 3.8) is 0 Å². The predicted octanol–water partition coefficient (Wildman–Crippen LogP) is 5.44. The smallest absolute Gasteiger partial charge is 0.303 e. The number of aromatic nitrogens is 2. The maximum Gasteiger partial charge on any atom is 0.303 e. The van der Waals surface area contributed by atoms with Gasteiger partial charge in [0.1, 0.15) is 11.8 Å².